The maximum Gasteiger partial charge on any atom is 0.271 e. The number of aliphatic imine (C=N–C) groups is 1. The van der Waals surface area contributed by atoms with E-state index in [2.05, 4.69) is 32.2 Å². The molecule has 7 heteroatoms. The third-order valence-corrected chi connectivity index (χ3v) is 5.88. The fourth-order valence-electron chi connectivity index (χ4n) is 3.41. The fraction of sp³-hybridized carbons (Fsp3) is 0.500. The van der Waals surface area contributed by atoms with Gasteiger partial charge >= 0.3 is 0 Å². The number of nitrogens with one attached hydrogen (secondary N) is 2. The molecule has 6 nitrogen and oxygen atoms in total. The van der Waals surface area contributed by atoms with Crippen LogP contribution in [0.4, 0.5) is 5.95 Å². The molecule has 0 spiro atoms. The van der Waals surface area contributed by atoms with Gasteiger partial charge in [-0.05, 0) is 37.6 Å². The number of hydrogen-bond donors (Lipinski definition) is 2. The first-order chi connectivity index (χ1) is 13.1. The molecular weight excluding hydrogens is 358 g/mol. The maximum absolute atomic E-state index is 12.7. The monoisotopic (exact) mass is 385 g/mol. The summed E-state index contributed by atoms with van der Waals surface area (Å²) in [6.45, 7) is 8.42. The number of hydrogen-bond acceptors (Lipinski definition) is 6. The van der Waals surface area contributed by atoms with Crippen LogP contribution in [0.25, 0.3) is 10.2 Å². The van der Waals surface area contributed by atoms with Crippen LogP contribution in [0.5, 0.6) is 0 Å². The van der Waals surface area contributed by atoms with Crippen LogP contribution in [0.2, 0.25) is 0 Å². The Morgan fingerprint density at radius 3 is 2.96 bits per heavy atom. The van der Waals surface area contributed by atoms with Gasteiger partial charge in [0.25, 0.3) is 5.91 Å². The number of rotatable bonds is 8. The standard InChI is InChI=1S/C20H27N5OS/c1-4-21-13(2)14(3)23-20-24-16-10-12-27-18(16)17(25-20)19(26)22-11-9-15-7-5-6-8-15/h4,10,12,14-15H,2,5-9,11H2,1,3H3,(H,22,26)(H,23,24,25). The summed E-state index contributed by atoms with van der Waals surface area (Å²) in [5.41, 5.74) is 1.89. The molecule has 1 unspecified atom stereocenters. The van der Waals surface area contributed by atoms with E-state index in [0.29, 0.717) is 23.9 Å². The highest BCUT2D eigenvalue weighted by Crippen LogP contribution is 2.27. The summed E-state index contributed by atoms with van der Waals surface area (Å²) in [5, 5.41) is 8.17. The van der Waals surface area contributed by atoms with Crippen LogP contribution < -0.4 is 10.6 Å². The lowest BCUT2D eigenvalue weighted by Gasteiger charge is -2.14. The number of amides is 1. The second-order valence-electron chi connectivity index (χ2n) is 6.97. The van der Waals surface area contributed by atoms with E-state index in [1.165, 1.54) is 37.0 Å². The van der Waals surface area contributed by atoms with Gasteiger partial charge in [-0.3, -0.25) is 9.79 Å². The fourth-order valence-corrected chi connectivity index (χ4v) is 4.23. The summed E-state index contributed by atoms with van der Waals surface area (Å²) >= 11 is 1.49. The van der Waals surface area contributed by atoms with Crippen molar-refractivity contribution in [2.75, 3.05) is 11.9 Å². The molecule has 0 saturated heterocycles. The average molecular weight is 386 g/mol. The van der Waals surface area contributed by atoms with E-state index >= 15 is 0 Å². The molecule has 1 atom stereocenters. The van der Waals surface area contributed by atoms with E-state index < -0.39 is 0 Å². The zero-order valence-corrected chi connectivity index (χ0v) is 16.8. The molecule has 2 aromatic heterocycles. The van der Waals surface area contributed by atoms with Gasteiger partial charge in [0.05, 0.1) is 22.0 Å². The number of carbonyl (C=O) groups is 1. The number of thiophene rings is 1. The van der Waals surface area contributed by atoms with E-state index in [0.717, 1.165) is 22.6 Å². The quantitative estimate of drug-likeness (QED) is 0.660. The maximum atomic E-state index is 12.7. The third kappa shape index (κ3) is 4.91. The Labute approximate surface area is 164 Å². The zero-order chi connectivity index (χ0) is 19.2. The van der Waals surface area contributed by atoms with E-state index in [4.69, 9.17) is 0 Å². The lowest BCUT2D eigenvalue weighted by atomic mass is 10.0. The Morgan fingerprint density at radius 2 is 2.22 bits per heavy atom. The first-order valence-corrected chi connectivity index (χ1v) is 10.4. The number of fused-ring (bicyclic) bond motifs is 1. The second-order valence-corrected chi connectivity index (χ2v) is 7.89. The topological polar surface area (TPSA) is 79.3 Å². The molecule has 1 aliphatic carbocycles. The third-order valence-electron chi connectivity index (χ3n) is 4.97. The molecular formula is C20H27N5OS. The first kappa shape index (κ1) is 19.5. The number of anilines is 1. The average Bonchev–Trinajstić information content (AvgIpc) is 3.32. The Morgan fingerprint density at radius 1 is 1.44 bits per heavy atom. The van der Waals surface area contributed by atoms with Crippen LogP contribution >= 0.6 is 11.3 Å². The van der Waals surface area contributed by atoms with Crippen molar-refractivity contribution in [3.05, 3.63) is 29.4 Å². The van der Waals surface area contributed by atoms with Crippen molar-refractivity contribution in [3.63, 3.8) is 0 Å². The minimum Gasteiger partial charge on any atom is -0.351 e. The highest BCUT2D eigenvalue weighted by Gasteiger charge is 2.19. The molecule has 1 fully saturated rings. The van der Waals surface area contributed by atoms with Gasteiger partial charge in [-0.1, -0.05) is 32.3 Å². The second kappa shape index (κ2) is 9.08. The van der Waals surface area contributed by atoms with Gasteiger partial charge < -0.3 is 10.6 Å². The molecule has 0 aromatic carbocycles. The van der Waals surface area contributed by atoms with Crippen LogP contribution in [0.3, 0.4) is 0 Å². The summed E-state index contributed by atoms with van der Waals surface area (Å²) in [5.74, 6) is 1.03. The Hall–Kier alpha value is -2.28. The predicted octanol–water partition coefficient (Wildman–Crippen LogP) is 4.41. The van der Waals surface area contributed by atoms with Crippen molar-refractivity contribution in [3.8, 4) is 0 Å². The smallest absolute Gasteiger partial charge is 0.271 e. The summed E-state index contributed by atoms with van der Waals surface area (Å²) in [7, 11) is 0. The SMILES string of the molecule is C=C(N=CC)C(C)Nc1nc(C(=O)NCCC2CCCC2)c2sccc2n1. The molecule has 2 aromatic rings. The normalized spacial score (nSPS) is 16.1. The van der Waals surface area contributed by atoms with Crippen LogP contribution in [0, 0.1) is 5.92 Å². The van der Waals surface area contributed by atoms with E-state index in [9.17, 15) is 4.79 Å². The molecule has 0 bridgehead atoms. The van der Waals surface area contributed by atoms with Crippen LogP contribution in [0.1, 0.15) is 56.4 Å². The number of nitrogens with zero attached hydrogens (tertiary/aromatic N) is 3. The van der Waals surface area contributed by atoms with Crippen molar-refractivity contribution >= 4 is 39.6 Å². The number of carbonyl (C=O) groups excluding carboxylic acids is 1. The molecule has 27 heavy (non-hydrogen) atoms. The predicted molar refractivity (Wildman–Crippen MR) is 113 cm³/mol. The van der Waals surface area contributed by atoms with Crippen LogP contribution in [-0.2, 0) is 0 Å². The summed E-state index contributed by atoms with van der Waals surface area (Å²) in [4.78, 5) is 25.9. The van der Waals surface area contributed by atoms with Crippen molar-refractivity contribution < 1.29 is 4.79 Å². The summed E-state index contributed by atoms with van der Waals surface area (Å²) < 4.78 is 0.817. The minimum absolute atomic E-state index is 0.129. The molecule has 2 N–H and O–H groups in total. The van der Waals surface area contributed by atoms with Crippen molar-refractivity contribution in [1.29, 1.82) is 0 Å². The van der Waals surface area contributed by atoms with Gasteiger partial charge in [-0.15, -0.1) is 11.3 Å². The van der Waals surface area contributed by atoms with Gasteiger partial charge in [0, 0.05) is 12.8 Å². The van der Waals surface area contributed by atoms with Crippen molar-refractivity contribution in [2.24, 2.45) is 10.9 Å². The molecule has 144 valence electrons. The Bertz CT molecular complexity index is 838. The van der Waals surface area contributed by atoms with Crippen LogP contribution in [-0.4, -0.2) is 34.7 Å². The van der Waals surface area contributed by atoms with Crippen molar-refractivity contribution in [1.82, 2.24) is 15.3 Å². The highest BCUT2D eigenvalue weighted by molar-refractivity contribution is 7.17. The Kier molecular flexibility index (Phi) is 6.55. The number of aromatic nitrogens is 2. The first-order valence-electron chi connectivity index (χ1n) is 9.56. The lowest BCUT2D eigenvalue weighted by molar-refractivity contribution is 0.0948. The van der Waals surface area contributed by atoms with E-state index in [1.54, 1.807) is 6.21 Å². The molecule has 3 rings (SSSR count). The van der Waals surface area contributed by atoms with Crippen LogP contribution in [0.15, 0.2) is 28.7 Å². The van der Waals surface area contributed by atoms with Gasteiger partial charge in [-0.25, -0.2) is 9.97 Å². The van der Waals surface area contributed by atoms with Gasteiger partial charge in [-0.2, -0.15) is 0 Å². The molecule has 0 radical (unpaired) electrons. The summed E-state index contributed by atoms with van der Waals surface area (Å²) in [6, 6.07) is 1.78. The molecule has 2 heterocycles. The highest BCUT2D eigenvalue weighted by atomic mass is 32.1. The minimum atomic E-state index is -0.135. The largest absolute Gasteiger partial charge is 0.351 e. The summed E-state index contributed by atoms with van der Waals surface area (Å²) in [6.07, 6.45) is 7.96. The molecule has 0 aliphatic heterocycles. The lowest BCUT2D eigenvalue weighted by Crippen LogP contribution is -2.27. The Balaban J connectivity index is 1.72. The van der Waals surface area contributed by atoms with Gasteiger partial charge in [0.2, 0.25) is 5.95 Å². The molecule has 1 amide bonds. The van der Waals surface area contributed by atoms with E-state index in [1.807, 2.05) is 25.3 Å². The molecule has 1 aliphatic rings. The van der Waals surface area contributed by atoms with E-state index in [-0.39, 0.29) is 11.9 Å². The zero-order valence-electron chi connectivity index (χ0n) is 16.0. The molecule has 1 saturated carbocycles. The van der Waals surface area contributed by atoms with Crippen molar-refractivity contribution in [2.45, 2.75) is 52.0 Å². The van der Waals surface area contributed by atoms with Gasteiger partial charge in [0.1, 0.15) is 0 Å². The van der Waals surface area contributed by atoms with Gasteiger partial charge in [0.15, 0.2) is 5.69 Å².